The van der Waals surface area contributed by atoms with Gasteiger partial charge in [0.05, 0.1) is 89.8 Å². The number of esters is 1. The number of methoxy groups -OCH3 is 3. The summed E-state index contributed by atoms with van der Waals surface area (Å²) in [5, 5.41) is 68.5. The summed E-state index contributed by atoms with van der Waals surface area (Å²) in [6.45, 7) is 16.2. The van der Waals surface area contributed by atoms with Crippen LogP contribution in [0.2, 0.25) is 0 Å². The Labute approximate surface area is 852 Å². The van der Waals surface area contributed by atoms with E-state index in [0.29, 0.717) is 64.5 Å². The number of hydrogen-bond donors (Lipinski definition) is 11. The number of ketones is 4. The number of benzene rings is 3. The van der Waals surface area contributed by atoms with E-state index >= 15 is 0 Å². The molecule has 7 amide bonds. The number of allylic oxidation sites excluding steroid dienone is 2. The third-order valence-corrected chi connectivity index (χ3v) is 32.5. The van der Waals surface area contributed by atoms with E-state index in [1.54, 1.807) is 71.2 Å². The van der Waals surface area contributed by atoms with Crippen LogP contribution in [-0.4, -0.2) is 279 Å². The van der Waals surface area contributed by atoms with Gasteiger partial charge in [-0.1, -0.05) is 119 Å². The molecule has 0 aromatic heterocycles. The minimum Gasteiger partial charge on any atom is -0.496 e. The summed E-state index contributed by atoms with van der Waals surface area (Å²) in [4.78, 5) is 167. The van der Waals surface area contributed by atoms with Gasteiger partial charge in [0.1, 0.15) is 66.3 Å². The van der Waals surface area contributed by atoms with Crippen LogP contribution in [0.15, 0.2) is 89.5 Å². The molecule has 7 aliphatic rings. The van der Waals surface area contributed by atoms with E-state index < -0.39 is 168 Å². The molecular weight excluding hydrogens is 2020 g/mol. The number of likely N-dealkylation sites (tertiary alicyclic amines) is 1. The SMILES string of the molecule is COC(=O)CC1=C2/C(=C/CSSC(C)(C)CCC(=O)CCCNC(=O)OCc3ccc(NC(=O)[C@H](CCCNC(N)=O)CC(=O)[C@H](Cc4ccccc4)NC(=O)CCCCCN4C(=O)CC(SC)C4=O)cc3)[C@](O)(C#C/C=C\C#C[C@@H]2OC2OC(C)C(NOC3CC(O)C(SC(=O)c4c(C)c(I)c(OC5OC(C)C(O)C(OC)C5O)c(C)c4OC)C(C)O3)C(O)C2OC2CC(C)C(CC(C)=O)CO2)CC1=O. The van der Waals surface area contributed by atoms with E-state index in [0.717, 1.165) is 24.4 Å². The minimum atomic E-state index is -2.19. The third-order valence-electron chi connectivity index (χ3n) is 25.7. The summed E-state index contributed by atoms with van der Waals surface area (Å²) in [6.07, 6.45) is -9.01. The number of carbonyl (C=O) groups is 12. The van der Waals surface area contributed by atoms with Crippen LogP contribution in [0.3, 0.4) is 0 Å². The van der Waals surface area contributed by atoms with E-state index in [1.165, 1.54) is 71.5 Å². The number of carbonyl (C=O) groups excluding carboxylic acids is 12. The lowest BCUT2D eigenvalue weighted by molar-refractivity contribution is -0.335. The van der Waals surface area contributed by atoms with Crippen LogP contribution in [0.1, 0.15) is 190 Å². The van der Waals surface area contributed by atoms with Crippen molar-refractivity contribution >= 4 is 143 Å². The summed E-state index contributed by atoms with van der Waals surface area (Å²) in [5.41, 5.74) is 8.86. The number of urea groups is 1. The predicted molar refractivity (Wildman–Crippen MR) is 535 cm³/mol. The van der Waals surface area contributed by atoms with Gasteiger partial charge in [-0.3, -0.25) is 52.9 Å². The second kappa shape index (κ2) is 54.7. The number of halogens is 1. The lowest BCUT2D eigenvalue weighted by atomic mass is 9.72. The lowest BCUT2D eigenvalue weighted by Gasteiger charge is -2.46. The Morgan fingerprint density at radius 2 is 1.51 bits per heavy atom. The van der Waals surface area contributed by atoms with Crippen molar-refractivity contribution in [1.29, 1.82) is 0 Å². The molecule has 5 saturated heterocycles. The number of ether oxygens (including phenoxy) is 11. The normalized spacial score (nSPS) is 27.6. The van der Waals surface area contributed by atoms with Crippen LogP contribution in [0.5, 0.6) is 11.5 Å². The number of nitrogens with one attached hydrogen (secondary N) is 5. The maximum Gasteiger partial charge on any atom is 0.407 e. The Morgan fingerprint density at radius 1 is 0.787 bits per heavy atom. The number of Topliss-reactive ketones (excluding diaryl/α,β-unsaturated/α-hetero) is 4. The molecular formula is C100H132IN7O29S4. The van der Waals surface area contributed by atoms with Gasteiger partial charge in [0.2, 0.25) is 35.0 Å². The molecule has 0 spiro atoms. The van der Waals surface area contributed by atoms with Crippen molar-refractivity contribution in [3.8, 4) is 35.2 Å². The van der Waals surface area contributed by atoms with Crippen LogP contribution in [-0.2, 0) is 104 Å². The number of primary amides is 1. The van der Waals surface area contributed by atoms with E-state index in [1.807, 2.05) is 73.7 Å². The summed E-state index contributed by atoms with van der Waals surface area (Å²) >= 11 is 4.23. The van der Waals surface area contributed by atoms with E-state index in [-0.39, 0.29) is 189 Å². The van der Waals surface area contributed by atoms with Crippen LogP contribution in [0.4, 0.5) is 15.3 Å². The molecule has 5 aliphatic heterocycles. The molecule has 772 valence electrons. The second-order valence-corrected chi connectivity index (χ2v) is 43.1. The summed E-state index contributed by atoms with van der Waals surface area (Å²) in [7, 11) is 6.76. The van der Waals surface area contributed by atoms with Crippen molar-refractivity contribution < 1.29 is 140 Å². The highest BCUT2D eigenvalue weighted by Gasteiger charge is 2.53. The monoisotopic (exact) mass is 2150 g/mol. The molecule has 18 unspecified atom stereocenters. The number of nitrogens with two attached hydrogens (primary N) is 1. The first kappa shape index (κ1) is 115. The van der Waals surface area contributed by atoms with Gasteiger partial charge in [-0.15, -0.1) is 0 Å². The van der Waals surface area contributed by atoms with Gasteiger partial charge >= 0.3 is 18.1 Å². The molecule has 3 aromatic rings. The zero-order chi connectivity index (χ0) is 103. The van der Waals surface area contributed by atoms with Gasteiger partial charge in [0.15, 0.2) is 36.0 Å². The van der Waals surface area contributed by atoms with Crippen molar-refractivity contribution in [2.75, 3.05) is 64.9 Å². The molecule has 36 nitrogen and oxygen atoms in total. The first-order chi connectivity index (χ1) is 67.1. The smallest absolute Gasteiger partial charge is 0.407 e. The summed E-state index contributed by atoms with van der Waals surface area (Å²) in [6, 6.07) is 12.8. The number of aliphatic hydroxyl groups is 5. The maximum absolute atomic E-state index is 14.6. The zero-order valence-electron chi connectivity index (χ0n) is 81.6. The van der Waals surface area contributed by atoms with Crippen LogP contribution < -0.4 is 42.0 Å². The first-order valence-electron chi connectivity index (χ1n) is 47.3. The van der Waals surface area contributed by atoms with Gasteiger partial charge in [-0.2, -0.15) is 17.2 Å². The van der Waals surface area contributed by atoms with Crippen molar-refractivity contribution in [3.05, 3.63) is 121 Å². The number of alkyl carbamates (subject to hydrolysis) is 1. The Kier molecular flexibility index (Phi) is 44.4. The fourth-order valence-corrected chi connectivity index (χ4v) is 22.6. The summed E-state index contributed by atoms with van der Waals surface area (Å²) < 4.78 is 66.9. The van der Waals surface area contributed by atoms with Crippen LogP contribution in [0.25, 0.3) is 0 Å². The zero-order valence-corrected chi connectivity index (χ0v) is 87.0. The largest absolute Gasteiger partial charge is 0.496 e. The average molecular weight is 2150 g/mol. The number of hydroxylamine groups is 1. The Hall–Kier alpha value is -8.39. The molecule has 0 saturated carbocycles. The van der Waals surface area contributed by atoms with Crippen LogP contribution >= 0.6 is 67.7 Å². The van der Waals surface area contributed by atoms with Crippen molar-refractivity contribution in [2.45, 2.75) is 304 Å². The number of anilines is 1. The molecule has 5 heterocycles. The van der Waals surface area contributed by atoms with Gasteiger partial charge in [0, 0.05) is 122 Å². The maximum atomic E-state index is 14.6. The number of imide groups is 1. The summed E-state index contributed by atoms with van der Waals surface area (Å²) in [5.74, 6) is 7.94. The van der Waals surface area contributed by atoms with E-state index in [2.05, 4.69) is 50.4 Å². The molecule has 22 atom stereocenters. The first-order valence-corrected chi connectivity index (χ1v) is 52.9. The lowest BCUT2D eigenvalue weighted by Crippen LogP contribution is -2.64. The quantitative estimate of drug-likeness (QED) is 0.00477. The predicted octanol–water partition coefficient (Wildman–Crippen LogP) is 9.28. The number of nitrogens with zero attached hydrogens (tertiary/aromatic N) is 1. The average Bonchev–Trinajstić information content (AvgIpc) is 1.02. The van der Waals surface area contributed by atoms with Gasteiger partial charge in [-0.05, 0) is 182 Å². The number of rotatable bonds is 49. The van der Waals surface area contributed by atoms with Crippen molar-refractivity contribution in [1.82, 2.24) is 26.3 Å². The highest BCUT2D eigenvalue weighted by atomic mass is 127. The highest BCUT2D eigenvalue weighted by molar-refractivity contribution is 14.1. The number of thioether (sulfide) groups is 2. The topological polar surface area (TPSA) is 506 Å². The molecule has 0 radical (unpaired) electrons. The van der Waals surface area contributed by atoms with Crippen molar-refractivity contribution in [3.63, 3.8) is 0 Å². The van der Waals surface area contributed by atoms with E-state index in [4.69, 9.17) is 62.7 Å². The van der Waals surface area contributed by atoms with Crippen molar-refractivity contribution in [2.24, 2.45) is 23.5 Å². The van der Waals surface area contributed by atoms with Crippen LogP contribution in [0, 0.1) is 58.9 Å². The third kappa shape index (κ3) is 32.3. The number of amides is 7. The fourth-order valence-electron chi connectivity index (χ4n) is 17.6. The molecule has 3 aromatic carbocycles. The minimum absolute atomic E-state index is 0.0121. The molecule has 2 aliphatic carbocycles. The Balaban J connectivity index is 0.727. The van der Waals surface area contributed by atoms with Gasteiger partial charge < -0.3 is 109 Å². The molecule has 41 heteroatoms. The number of aliphatic hydroxyl groups excluding tert-OH is 4. The van der Waals surface area contributed by atoms with Gasteiger partial charge in [0.25, 0.3) is 0 Å². The molecule has 2 bridgehead atoms. The second-order valence-electron chi connectivity index (χ2n) is 36.8. The molecule has 5 fully saturated rings. The van der Waals surface area contributed by atoms with E-state index in [9.17, 15) is 83.1 Å². The number of fused-ring (bicyclic) bond motifs is 2. The fraction of sp³-hybridized carbons (Fsp3) is 0.600. The van der Waals surface area contributed by atoms with Gasteiger partial charge in [-0.25, -0.2) is 9.59 Å². The highest BCUT2D eigenvalue weighted by Crippen LogP contribution is 2.47. The standard InChI is InChI=1S/C100H132IN7O29S4/c1-54-44-78(129-53-64(54)45-55(2)109)135-90-85(118)83(107-137-79-49-71(112)91(60(7)131-79)140-94(122)80-56(3)82(101)88(57(4)87(80)127-11)136-95-86(119)89(128-12)84(117)59(6)133-95)58(5)132-96(90)134-73-30-20-14-15-22-38-100(125)51-72(113)67(48-77(116)126-10)81(73)68(100)37-43-139-141-99(8,9)39-36-66(110)29-25-41-104-98(124)130-52-62-32-34-65(35-33-62)105-92(120)63(28-24-40-103-97(102)123)47-70(111)69(46-61-26-18-16-19-27-61)106-75(114)31-21-17-23-42-108-76(115)50-74(138-13)93(108)121/h14-16,18-19,26-27,32-35,37,54,58-60,63-64,69,71,73-74,78-79,83-86,89-91,95-96,107,112,117-119,125H,17,21,23-25,28-29,31,36,39-53H2,1-13H3,(H,104,124)(H,105,120)(H,106,114)(H3,102,103,123)/b15-14-,68-37-/t54?,58?,59?,60?,63-,64?,69+,71?,73+,74?,78?,79?,83?,84?,85?,86?,89?,90?,91?,95?,96?,100+/m1/s1. The Morgan fingerprint density at radius 3 is 2.19 bits per heavy atom. The molecule has 141 heavy (non-hydrogen) atoms. The molecule has 10 rings (SSSR count). The molecule has 12 N–H and O–H groups in total. The number of hydrogen-bond acceptors (Lipinski definition) is 34. The number of unbranched alkanes of at least 4 members (excludes halogenated alkanes) is 2. The Bertz CT molecular complexity index is 5130.